The van der Waals surface area contributed by atoms with Gasteiger partial charge in [0.2, 0.25) is 0 Å². The van der Waals surface area contributed by atoms with Gasteiger partial charge in [0.1, 0.15) is 0 Å². The average molecular weight is 318 g/mol. The summed E-state index contributed by atoms with van der Waals surface area (Å²) in [4.78, 5) is 18.5. The van der Waals surface area contributed by atoms with Gasteiger partial charge in [-0.05, 0) is 18.6 Å². The first-order valence-electron chi connectivity index (χ1n) is 7.21. The highest BCUT2D eigenvalue weighted by Crippen LogP contribution is 2.34. The first-order valence-corrected chi connectivity index (χ1v) is 9.08. The molecular weight excluding hydrogens is 300 g/mol. The van der Waals surface area contributed by atoms with Gasteiger partial charge in [-0.25, -0.2) is 4.98 Å². The monoisotopic (exact) mass is 318 g/mol. The lowest BCUT2D eigenvalue weighted by Gasteiger charge is -2.13. The van der Waals surface area contributed by atoms with E-state index in [1.807, 2.05) is 30.3 Å². The van der Waals surface area contributed by atoms with Crippen LogP contribution in [0.4, 0.5) is 0 Å². The zero-order valence-electron chi connectivity index (χ0n) is 12.2. The van der Waals surface area contributed by atoms with Gasteiger partial charge in [-0.3, -0.25) is 9.36 Å². The number of nitrogens with zero attached hydrogens (tertiary/aromatic N) is 2. The molecule has 0 amide bonds. The molecule has 0 saturated carbocycles. The molecule has 3 nitrogen and oxygen atoms in total. The fourth-order valence-electron chi connectivity index (χ4n) is 2.39. The van der Waals surface area contributed by atoms with Gasteiger partial charge in [-0.15, -0.1) is 11.8 Å². The smallest absolute Gasteiger partial charge is 0.268 e. The largest absolute Gasteiger partial charge is 0.272 e. The van der Waals surface area contributed by atoms with Crippen LogP contribution in [0.15, 0.2) is 45.2 Å². The third kappa shape index (κ3) is 2.90. The SMILES string of the molecule is CCCSc1nc2c(c(=O)n1-c1ccccc1)S[C@@H](C)C2. The van der Waals surface area contributed by atoms with Crippen LogP contribution in [-0.4, -0.2) is 20.6 Å². The van der Waals surface area contributed by atoms with Crippen LogP contribution in [-0.2, 0) is 6.42 Å². The number of aromatic nitrogens is 2. The molecule has 1 aromatic heterocycles. The van der Waals surface area contributed by atoms with Gasteiger partial charge in [-0.2, -0.15) is 0 Å². The van der Waals surface area contributed by atoms with Crippen molar-refractivity contribution in [3.63, 3.8) is 0 Å². The van der Waals surface area contributed by atoms with E-state index < -0.39 is 0 Å². The highest BCUT2D eigenvalue weighted by Gasteiger charge is 2.26. The highest BCUT2D eigenvalue weighted by molar-refractivity contribution is 8.00. The Bertz CT molecular complexity index is 697. The standard InChI is InChI=1S/C16H18N2OS2/c1-3-9-20-16-17-13-10-11(2)21-14(13)15(19)18(16)12-7-5-4-6-8-12/h4-8,11H,3,9-10H2,1-2H3/t11-/m0/s1. The number of hydrogen-bond acceptors (Lipinski definition) is 4. The Morgan fingerprint density at radius 1 is 1.38 bits per heavy atom. The van der Waals surface area contributed by atoms with Crippen LogP contribution in [0.3, 0.4) is 0 Å². The zero-order valence-corrected chi connectivity index (χ0v) is 13.8. The Kier molecular flexibility index (Phi) is 4.40. The summed E-state index contributed by atoms with van der Waals surface area (Å²) in [5.74, 6) is 0.973. The predicted octanol–water partition coefficient (Wildman–Crippen LogP) is 3.77. The molecule has 1 atom stereocenters. The average Bonchev–Trinajstić information content (AvgIpc) is 2.87. The van der Waals surface area contributed by atoms with Crippen molar-refractivity contribution in [3.8, 4) is 5.69 Å². The van der Waals surface area contributed by atoms with E-state index in [0.717, 1.165) is 40.0 Å². The molecule has 1 aromatic carbocycles. The number of benzene rings is 1. The summed E-state index contributed by atoms with van der Waals surface area (Å²) in [5.41, 5.74) is 1.96. The highest BCUT2D eigenvalue weighted by atomic mass is 32.2. The summed E-state index contributed by atoms with van der Waals surface area (Å²) in [7, 11) is 0. The quantitative estimate of drug-likeness (QED) is 0.635. The molecule has 0 N–H and O–H groups in total. The van der Waals surface area contributed by atoms with Crippen molar-refractivity contribution in [1.82, 2.24) is 9.55 Å². The van der Waals surface area contributed by atoms with Crippen molar-refractivity contribution in [2.24, 2.45) is 0 Å². The molecule has 0 radical (unpaired) electrons. The minimum Gasteiger partial charge on any atom is -0.268 e. The van der Waals surface area contributed by atoms with Crippen LogP contribution in [0.1, 0.15) is 26.0 Å². The molecule has 2 aromatic rings. The first kappa shape index (κ1) is 14.7. The number of rotatable bonds is 4. The Hall–Kier alpha value is -1.20. The molecule has 0 saturated heterocycles. The second-order valence-electron chi connectivity index (χ2n) is 5.13. The molecule has 0 fully saturated rings. The van der Waals surface area contributed by atoms with Gasteiger partial charge in [0, 0.05) is 17.4 Å². The van der Waals surface area contributed by atoms with Gasteiger partial charge in [0.05, 0.1) is 16.3 Å². The van der Waals surface area contributed by atoms with E-state index in [4.69, 9.17) is 4.98 Å². The van der Waals surface area contributed by atoms with E-state index in [9.17, 15) is 4.79 Å². The Morgan fingerprint density at radius 2 is 2.14 bits per heavy atom. The summed E-state index contributed by atoms with van der Waals surface area (Å²) in [6.07, 6.45) is 1.96. The molecule has 2 heterocycles. The normalized spacial score (nSPS) is 17.0. The lowest BCUT2D eigenvalue weighted by Crippen LogP contribution is -2.23. The lowest BCUT2D eigenvalue weighted by molar-refractivity contribution is 0.730. The molecule has 21 heavy (non-hydrogen) atoms. The number of hydrogen-bond donors (Lipinski definition) is 0. The van der Waals surface area contributed by atoms with Crippen molar-refractivity contribution in [1.29, 1.82) is 0 Å². The predicted molar refractivity (Wildman–Crippen MR) is 89.9 cm³/mol. The van der Waals surface area contributed by atoms with Crippen LogP contribution < -0.4 is 5.56 Å². The molecular formula is C16H18N2OS2. The van der Waals surface area contributed by atoms with Crippen LogP contribution in [0.25, 0.3) is 5.69 Å². The summed E-state index contributed by atoms with van der Waals surface area (Å²) in [6, 6.07) is 9.81. The van der Waals surface area contributed by atoms with Crippen molar-refractivity contribution in [2.75, 3.05) is 5.75 Å². The van der Waals surface area contributed by atoms with Crippen LogP contribution >= 0.6 is 23.5 Å². The van der Waals surface area contributed by atoms with Crippen molar-refractivity contribution in [2.45, 2.75) is 42.0 Å². The van der Waals surface area contributed by atoms with E-state index in [-0.39, 0.29) is 5.56 Å². The minimum atomic E-state index is 0.0825. The van der Waals surface area contributed by atoms with Gasteiger partial charge in [-0.1, -0.05) is 43.8 Å². The minimum absolute atomic E-state index is 0.0825. The summed E-state index contributed by atoms with van der Waals surface area (Å²) < 4.78 is 1.77. The Labute approximate surface area is 133 Å². The van der Waals surface area contributed by atoms with Gasteiger partial charge < -0.3 is 0 Å². The van der Waals surface area contributed by atoms with E-state index in [1.165, 1.54) is 0 Å². The molecule has 0 bridgehead atoms. The van der Waals surface area contributed by atoms with Crippen LogP contribution in [0, 0.1) is 0 Å². The van der Waals surface area contributed by atoms with E-state index in [0.29, 0.717) is 5.25 Å². The summed E-state index contributed by atoms with van der Waals surface area (Å²) in [6.45, 7) is 4.29. The van der Waals surface area contributed by atoms with E-state index in [1.54, 1.807) is 28.1 Å². The first-order chi connectivity index (χ1) is 10.2. The summed E-state index contributed by atoms with van der Waals surface area (Å²) in [5, 5.41) is 1.26. The van der Waals surface area contributed by atoms with E-state index in [2.05, 4.69) is 13.8 Å². The Balaban J connectivity index is 2.17. The van der Waals surface area contributed by atoms with E-state index >= 15 is 0 Å². The maximum absolute atomic E-state index is 12.9. The zero-order chi connectivity index (χ0) is 14.8. The molecule has 1 aliphatic rings. The second-order valence-corrected chi connectivity index (χ2v) is 7.64. The molecule has 0 aliphatic carbocycles. The summed E-state index contributed by atoms with van der Waals surface area (Å²) >= 11 is 3.32. The van der Waals surface area contributed by atoms with Gasteiger partial charge in [0.15, 0.2) is 5.16 Å². The number of fused-ring (bicyclic) bond motifs is 1. The van der Waals surface area contributed by atoms with Crippen molar-refractivity contribution in [3.05, 3.63) is 46.4 Å². The second kappa shape index (κ2) is 6.28. The van der Waals surface area contributed by atoms with Crippen LogP contribution in [0.2, 0.25) is 0 Å². The van der Waals surface area contributed by atoms with Gasteiger partial charge >= 0.3 is 0 Å². The maximum Gasteiger partial charge on any atom is 0.272 e. The fourth-order valence-corrected chi connectivity index (χ4v) is 4.37. The number of thioether (sulfide) groups is 2. The number of para-hydroxylation sites is 1. The molecule has 1 aliphatic heterocycles. The third-order valence-electron chi connectivity index (χ3n) is 3.33. The molecule has 0 unspecified atom stereocenters. The van der Waals surface area contributed by atoms with Crippen molar-refractivity contribution < 1.29 is 0 Å². The third-order valence-corrected chi connectivity index (χ3v) is 5.69. The lowest BCUT2D eigenvalue weighted by atomic mass is 10.2. The maximum atomic E-state index is 12.9. The van der Waals surface area contributed by atoms with Crippen LogP contribution in [0.5, 0.6) is 0 Å². The molecule has 110 valence electrons. The van der Waals surface area contributed by atoms with Gasteiger partial charge in [0.25, 0.3) is 5.56 Å². The Morgan fingerprint density at radius 3 is 2.86 bits per heavy atom. The molecule has 5 heteroatoms. The van der Waals surface area contributed by atoms with Crippen molar-refractivity contribution >= 4 is 23.5 Å². The fraction of sp³-hybridized carbons (Fsp3) is 0.375. The molecule has 0 spiro atoms. The topological polar surface area (TPSA) is 34.9 Å². The molecule has 3 rings (SSSR count).